The van der Waals surface area contributed by atoms with Crippen LogP contribution in [0.1, 0.15) is 5.56 Å². The van der Waals surface area contributed by atoms with E-state index in [1.165, 1.54) is 6.07 Å². The Kier molecular flexibility index (Phi) is 4.42. The van der Waals surface area contributed by atoms with E-state index >= 15 is 0 Å². The SMILES string of the molecule is Cc1ccc([N+](=O)[O-])c(NCCS(C)=O)c1. The molecule has 1 aromatic carbocycles. The van der Waals surface area contributed by atoms with E-state index in [-0.39, 0.29) is 5.69 Å². The maximum atomic E-state index is 10.9. The van der Waals surface area contributed by atoms with Crippen molar-refractivity contribution in [2.75, 3.05) is 23.9 Å². The van der Waals surface area contributed by atoms with Gasteiger partial charge in [0.1, 0.15) is 5.69 Å². The minimum absolute atomic E-state index is 0.0486. The number of nitrogens with zero attached hydrogens (tertiary/aromatic N) is 1. The molecule has 0 aliphatic carbocycles. The third-order valence-electron chi connectivity index (χ3n) is 2.05. The van der Waals surface area contributed by atoms with Crippen LogP contribution in [0.3, 0.4) is 0 Å². The molecule has 0 aliphatic rings. The average molecular weight is 242 g/mol. The normalized spacial score (nSPS) is 12.1. The second-order valence-corrected chi connectivity index (χ2v) is 5.04. The van der Waals surface area contributed by atoms with Crippen LogP contribution < -0.4 is 5.32 Å². The minimum atomic E-state index is -0.894. The Balaban J connectivity index is 2.80. The fourth-order valence-corrected chi connectivity index (χ4v) is 1.67. The average Bonchev–Trinajstić information content (AvgIpc) is 2.16. The molecule has 0 fully saturated rings. The lowest BCUT2D eigenvalue weighted by Crippen LogP contribution is -2.11. The molecule has 0 saturated carbocycles. The number of nitrogens with one attached hydrogen (secondary N) is 1. The van der Waals surface area contributed by atoms with Crippen LogP contribution in [-0.2, 0) is 10.8 Å². The van der Waals surface area contributed by atoms with E-state index in [1.54, 1.807) is 18.4 Å². The molecule has 5 nitrogen and oxygen atoms in total. The van der Waals surface area contributed by atoms with Gasteiger partial charge < -0.3 is 5.32 Å². The highest BCUT2D eigenvalue weighted by atomic mass is 32.2. The first-order valence-corrected chi connectivity index (χ1v) is 6.52. The number of hydrogen-bond donors (Lipinski definition) is 1. The standard InChI is InChI=1S/C10H14N2O3S/c1-8-3-4-10(12(13)14)9(7-8)11-5-6-16(2)15/h3-4,7,11H,5-6H2,1-2H3. The number of benzene rings is 1. The van der Waals surface area contributed by atoms with E-state index in [4.69, 9.17) is 0 Å². The summed E-state index contributed by atoms with van der Waals surface area (Å²) in [6.45, 7) is 2.33. The van der Waals surface area contributed by atoms with Crippen LogP contribution >= 0.6 is 0 Å². The summed E-state index contributed by atoms with van der Waals surface area (Å²) in [5, 5.41) is 13.7. The number of nitro groups is 1. The van der Waals surface area contributed by atoms with Crippen molar-refractivity contribution in [1.29, 1.82) is 0 Å². The molecule has 0 amide bonds. The fourth-order valence-electron chi connectivity index (χ4n) is 1.28. The van der Waals surface area contributed by atoms with E-state index in [1.807, 2.05) is 6.92 Å². The molecular weight excluding hydrogens is 228 g/mol. The number of rotatable bonds is 5. The van der Waals surface area contributed by atoms with Crippen LogP contribution in [0.15, 0.2) is 18.2 Å². The monoisotopic (exact) mass is 242 g/mol. The van der Waals surface area contributed by atoms with Crippen molar-refractivity contribution in [3.05, 3.63) is 33.9 Å². The lowest BCUT2D eigenvalue weighted by atomic mass is 10.2. The smallest absolute Gasteiger partial charge is 0.292 e. The molecular formula is C10H14N2O3S. The predicted molar refractivity (Wildman–Crippen MR) is 65.3 cm³/mol. The largest absolute Gasteiger partial charge is 0.379 e. The zero-order valence-electron chi connectivity index (χ0n) is 9.23. The van der Waals surface area contributed by atoms with Crippen LogP contribution in [0, 0.1) is 17.0 Å². The van der Waals surface area contributed by atoms with Gasteiger partial charge in [-0.2, -0.15) is 0 Å². The number of hydrogen-bond acceptors (Lipinski definition) is 4. The van der Waals surface area contributed by atoms with E-state index in [9.17, 15) is 14.3 Å². The van der Waals surface area contributed by atoms with Gasteiger partial charge in [0, 0.05) is 35.4 Å². The molecule has 0 aromatic heterocycles. The quantitative estimate of drug-likeness (QED) is 0.630. The Morgan fingerprint density at radius 2 is 2.19 bits per heavy atom. The number of anilines is 1. The molecule has 0 spiro atoms. The summed E-state index contributed by atoms with van der Waals surface area (Å²) in [4.78, 5) is 10.3. The molecule has 0 aliphatic heterocycles. The molecule has 1 rings (SSSR count). The highest BCUT2D eigenvalue weighted by Gasteiger charge is 2.12. The zero-order valence-corrected chi connectivity index (χ0v) is 10.0. The van der Waals surface area contributed by atoms with Gasteiger partial charge in [0.25, 0.3) is 5.69 Å². The van der Waals surface area contributed by atoms with Crippen LogP contribution in [0.2, 0.25) is 0 Å². The molecule has 1 atom stereocenters. The van der Waals surface area contributed by atoms with Gasteiger partial charge in [-0.05, 0) is 18.6 Å². The van der Waals surface area contributed by atoms with Crippen molar-refractivity contribution in [1.82, 2.24) is 0 Å². The molecule has 16 heavy (non-hydrogen) atoms. The van der Waals surface area contributed by atoms with E-state index in [0.717, 1.165) is 5.56 Å². The van der Waals surface area contributed by atoms with E-state index in [0.29, 0.717) is 18.0 Å². The van der Waals surface area contributed by atoms with Crippen LogP contribution in [-0.4, -0.2) is 27.7 Å². The summed E-state index contributed by atoms with van der Waals surface area (Å²) in [5.41, 5.74) is 1.48. The van der Waals surface area contributed by atoms with Gasteiger partial charge in [-0.25, -0.2) is 0 Å². The van der Waals surface area contributed by atoms with E-state index < -0.39 is 15.7 Å². The molecule has 6 heteroatoms. The summed E-state index contributed by atoms with van der Waals surface area (Å²) in [6, 6.07) is 4.89. The summed E-state index contributed by atoms with van der Waals surface area (Å²) in [7, 11) is -0.894. The first-order chi connectivity index (χ1) is 7.50. The number of nitro benzene ring substituents is 1. The number of aryl methyl sites for hydroxylation is 1. The highest BCUT2D eigenvalue weighted by molar-refractivity contribution is 7.84. The minimum Gasteiger partial charge on any atom is -0.379 e. The van der Waals surface area contributed by atoms with Crippen molar-refractivity contribution >= 4 is 22.2 Å². The first-order valence-electron chi connectivity index (χ1n) is 4.79. The van der Waals surface area contributed by atoms with Crippen molar-refractivity contribution in [3.63, 3.8) is 0 Å². The molecule has 0 bridgehead atoms. The Morgan fingerprint density at radius 3 is 2.75 bits per heavy atom. The van der Waals surface area contributed by atoms with Crippen molar-refractivity contribution < 1.29 is 9.13 Å². The molecule has 1 aromatic rings. The second kappa shape index (κ2) is 5.60. The summed E-state index contributed by atoms with van der Waals surface area (Å²) >= 11 is 0. The molecule has 1 N–H and O–H groups in total. The Labute approximate surface area is 96.5 Å². The molecule has 0 radical (unpaired) electrons. The van der Waals surface area contributed by atoms with Gasteiger partial charge in [0.15, 0.2) is 0 Å². The van der Waals surface area contributed by atoms with Crippen LogP contribution in [0.25, 0.3) is 0 Å². The van der Waals surface area contributed by atoms with Gasteiger partial charge in [0.05, 0.1) is 4.92 Å². The third kappa shape index (κ3) is 3.62. The Morgan fingerprint density at radius 1 is 1.50 bits per heavy atom. The van der Waals surface area contributed by atoms with Crippen molar-refractivity contribution in [2.45, 2.75) is 6.92 Å². The van der Waals surface area contributed by atoms with Crippen LogP contribution in [0.5, 0.6) is 0 Å². The van der Waals surface area contributed by atoms with Gasteiger partial charge in [-0.15, -0.1) is 0 Å². The predicted octanol–water partition coefficient (Wildman–Crippen LogP) is 1.69. The Bertz CT molecular complexity index is 421. The van der Waals surface area contributed by atoms with E-state index in [2.05, 4.69) is 5.32 Å². The van der Waals surface area contributed by atoms with Gasteiger partial charge in [-0.3, -0.25) is 14.3 Å². The second-order valence-electron chi connectivity index (χ2n) is 3.48. The maximum Gasteiger partial charge on any atom is 0.292 e. The van der Waals surface area contributed by atoms with Crippen molar-refractivity contribution in [3.8, 4) is 0 Å². The first kappa shape index (κ1) is 12.6. The topological polar surface area (TPSA) is 72.2 Å². The lowest BCUT2D eigenvalue weighted by molar-refractivity contribution is -0.384. The van der Waals surface area contributed by atoms with Gasteiger partial charge in [-0.1, -0.05) is 6.07 Å². The molecule has 1 unspecified atom stereocenters. The fraction of sp³-hybridized carbons (Fsp3) is 0.400. The molecule has 0 saturated heterocycles. The summed E-state index contributed by atoms with van der Waals surface area (Å²) in [5.74, 6) is 0.477. The lowest BCUT2D eigenvalue weighted by Gasteiger charge is -2.06. The van der Waals surface area contributed by atoms with Crippen molar-refractivity contribution in [2.24, 2.45) is 0 Å². The highest BCUT2D eigenvalue weighted by Crippen LogP contribution is 2.24. The summed E-state index contributed by atoms with van der Waals surface area (Å²) < 4.78 is 10.9. The van der Waals surface area contributed by atoms with Gasteiger partial charge >= 0.3 is 0 Å². The van der Waals surface area contributed by atoms with Gasteiger partial charge in [0.2, 0.25) is 0 Å². The molecule has 0 heterocycles. The van der Waals surface area contributed by atoms with Crippen LogP contribution in [0.4, 0.5) is 11.4 Å². The third-order valence-corrected chi connectivity index (χ3v) is 2.83. The Hall–Kier alpha value is -1.43. The zero-order chi connectivity index (χ0) is 12.1. The summed E-state index contributed by atoms with van der Waals surface area (Å²) in [6.07, 6.45) is 1.60. The maximum absolute atomic E-state index is 10.9. The molecule has 88 valence electrons.